The molecule has 0 spiro atoms. The molecule has 1 unspecified atom stereocenters. The summed E-state index contributed by atoms with van der Waals surface area (Å²) in [6, 6.07) is 0. The molecule has 10 heavy (non-hydrogen) atoms. The van der Waals surface area contributed by atoms with Gasteiger partial charge in [0.25, 0.3) is 0 Å². The first kappa shape index (κ1) is 8.40. The Morgan fingerprint density at radius 3 is 2.70 bits per heavy atom. The van der Waals surface area contributed by atoms with E-state index >= 15 is 0 Å². The summed E-state index contributed by atoms with van der Waals surface area (Å²) in [5.74, 6) is 0. The minimum absolute atomic E-state index is 0.357. The van der Waals surface area contributed by atoms with Gasteiger partial charge in [-0.2, -0.15) is 0 Å². The van der Waals surface area contributed by atoms with Gasteiger partial charge in [0.15, 0.2) is 0 Å². The number of allylic oxidation sites excluding steroid dienone is 2. The van der Waals surface area contributed by atoms with Gasteiger partial charge >= 0.3 is 0 Å². The van der Waals surface area contributed by atoms with Crippen molar-refractivity contribution in [3.05, 3.63) is 22.4 Å². The van der Waals surface area contributed by atoms with Crippen molar-refractivity contribution < 1.29 is 0 Å². The molecular weight excluding hydrogens is 260 g/mol. The number of hydrogen-bond acceptors (Lipinski definition) is 1. The number of nitrogens with one attached hydrogen (secondary N) is 1. The minimum atomic E-state index is 0.357. The van der Waals surface area contributed by atoms with Crippen LogP contribution in [0.1, 0.15) is 13.8 Å². The van der Waals surface area contributed by atoms with Gasteiger partial charge in [0.2, 0.25) is 0 Å². The number of halogens is 2. The van der Waals surface area contributed by atoms with Crippen LogP contribution < -0.4 is 5.32 Å². The molecule has 1 N–H and O–H groups in total. The molecule has 1 nitrogen and oxygen atoms in total. The first-order valence-corrected chi connectivity index (χ1v) is 4.69. The summed E-state index contributed by atoms with van der Waals surface area (Å²) in [6.45, 7) is 4.18. The summed E-state index contributed by atoms with van der Waals surface area (Å²) < 4.78 is 0.357. The molecule has 3 heteroatoms. The zero-order chi connectivity index (χ0) is 7.72. The summed E-state index contributed by atoms with van der Waals surface area (Å²) in [6.07, 6.45) is 1.95. The molecule has 56 valence electrons. The van der Waals surface area contributed by atoms with E-state index in [0.717, 1.165) is 5.16 Å². The van der Waals surface area contributed by atoms with Gasteiger partial charge in [0, 0.05) is 0 Å². The second kappa shape index (κ2) is 3.13. The molecular formula is C7H9ClIN. The second-order valence-electron chi connectivity index (χ2n) is 2.37. The molecule has 0 saturated carbocycles. The van der Waals surface area contributed by atoms with E-state index in [1.165, 1.54) is 11.1 Å². The topological polar surface area (TPSA) is 12.0 Å². The third-order valence-corrected chi connectivity index (χ3v) is 3.07. The van der Waals surface area contributed by atoms with Crippen LogP contribution in [0.15, 0.2) is 22.4 Å². The smallest absolute Gasteiger partial charge is 0.103 e. The lowest BCUT2D eigenvalue weighted by molar-refractivity contribution is 0.858. The zero-order valence-electron chi connectivity index (χ0n) is 5.91. The third kappa shape index (κ3) is 1.66. The summed E-state index contributed by atoms with van der Waals surface area (Å²) in [7, 11) is 0. The number of hydrogen-bond donors (Lipinski definition) is 1. The Morgan fingerprint density at radius 1 is 1.60 bits per heavy atom. The highest BCUT2D eigenvalue weighted by Crippen LogP contribution is 2.22. The molecule has 0 saturated heterocycles. The van der Waals surface area contributed by atoms with Gasteiger partial charge in [-0.3, -0.25) is 0 Å². The maximum absolute atomic E-state index is 5.78. The number of dihydropyridines is 1. The van der Waals surface area contributed by atoms with Gasteiger partial charge in [0.1, 0.15) is 9.20 Å². The molecule has 1 aliphatic heterocycles. The maximum atomic E-state index is 5.78. The first-order valence-electron chi connectivity index (χ1n) is 3.06. The van der Waals surface area contributed by atoms with E-state index in [2.05, 4.69) is 41.8 Å². The Hall–Kier alpha value is 0.300. The van der Waals surface area contributed by atoms with Crippen molar-refractivity contribution in [2.75, 3.05) is 0 Å². The average Bonchev–Trinajstić information content (AvgIpc) is 1.82. The highest BCUT2D eigenvalue weighted by Gasteiger charge is 2.12. The molecule has 0 aliphatic carbocycles. The molecule has 1 heterocycles. The Balaban J connectivity index is 2.92. The van der Waals surface area contributed by atoms with E-state index in [9.17, 15) is 0 Å². The van der Waals surface area contributed by atoms with Gasteiger partial charge < -0.3 is 5.32 Å². The predicted molar refractivity (Wildman–Crippen MR) is 53.3 cm³/mol. The molecule has 1 rings (SSSR count). The molecule has 0 radical (unpaired) electrons. The van der Waals surface area contributed by atoms with Gasteiger partial charge in [-0.1, -0.05) is 34.2 Å². The molecule has 0 aromatic rings. The Kier molecular flexibility index (Phi) is 2.63. The summed E-state index contributed by atoms with van der Waals surface area (Å²) in [4.78, 5) is 0. The standard InChI is InChI=1S/C7H9ClIN/c1-4-3-6(8)10-7(9)5(4)2/h3,7,10H,1-2H3. The van der Waals surface area contributed by atoms with Crippen molar-refractivity contribution >= 4 is 34.2 Å². The van der Waals surface area contributed by atoms with Crippen LogP contribution in [0.4, 0.5) is 0 Å². The molecule has 0 aromatic heterocycles. The number of alkyl halides is 1. The Morgan fingerprint density at radius 2 is 2.20 bits per heavy atom. The van der Waals surface area contributed by atoms with E-state index in [4.69, 9.17) is 11.6 Å². The SMILES string of the molecule is CC1=C(C)C(I)NC(Cl)=C1. The fraction of sp³-hybridized carbons (Fsp3) is 0.429. The lowest BCUT2D eigenvalue weighted by Crippen LogP contribution is -2.25. The highest BCUT2D eigenvalue weighted by molar-refractivity contribution is 14.1. The first-order chi connectivity index (χ1) is 4.61. The average molecular weight is 270 g/mol. The lowest BCUT2D eigenvalue weighted by atomic mass is 10.1. The van der Waals surface area contributed by atoms with Crippen molar-refractivity contribution in [1.29, 1.82) is 0 Å². The van der Waals surface area contributed by atoms with Crippen LogP contribution in [-0.2, 0) is 0 Å². The Labute approximate surface area is 79.7 Å². The van der Waals surface area contributed by atoms with Crippen LogP contribution in [0.2, 0.25) is 0 Å². The summed E-state index contributed by atoms with van der Waals surface area (Å²) in [5.41, 5.74) is 2.62. The van der Waals surface area contributed by atoms with Gasteiger partial charge in [-0.25, -0.2) is 0 Å². The highest BCUT2D eigenvalue weighted by atomic mass is 127. The van der Waals surface area contributed by atoms with Crippen LogP contribution >= 0.6 is 34.2 Å². The molecule has 0 fully saturated rings. The fourth-order valence-electron chi connectivity index (χ4n) is 0.775. The van der Waals surface area contributed by atoms with Crippen LogP contribution in [0.25, 0.3) is 0 Å². The van der Waals surface area contributed by atoms with Crippen LogP contribution in [0, 0.1) is 0 Å². The van der Waals surface area contributed by atoms with E-state index in [1.54, 1.807) is 0 Å². The summed E-state index contributed by atoms with van der Waals surface area (Å²) >= 11 is 8.10. The molecule has 0 amide bonds. The lowest BCUT2D eigenvalue weighted by Gasteiger charge is -2.19. The van der Waals surface area contributed by atoms with Crippen LogP contribution in [0.5, 0.6) is 0 Å². The monoisotopic (exact) mass is 269 g/mol. The minimum Gasteiger partial charge on any atom is -0.361 e. The van der Waals surface area contributed by atoms with Gasteiger partial charge in [-0.05, 0) is 31.1 Å². The quantitative estimate of drug-likeness (QED) is 0.405. The zero-order valence-corrected chi connectivity index (χ0v) is 8.82. The normalized spacial score (nSPS) is 26.0. The predicted octanol–water partition coefficient (Wildman–Crippen LogP) is 2.77. The van der Waals surface area contributed by atoms with E-state index in [0.29, 0.717) is 4.05 Å². The fourth-order valence-corrected chi connectivity index (χ4v) is 2.06. The molecule has 1 aliphatic rings. The van der Waals surface area contributed by atoms with Gasteiger partial charge in [0.05, 0.1) is 0 Å². The Bertz CT molecular complexity index is 208. The van der Waals surface area contributed by atoms with Crippen molar-refractivity contribution in [2.24, 2.45) is 0 Å². The van der Waals surface area contributed by atoms with E-state index < -0.39 is 0 Å². The maximum Gasteiger partial charge on any atom is 0.103 e. The van der Waals surface area contributed by atoms with E-state index in [-0.39, 0.29) is 0 Å². The molecule has 1 atom stereocenters. The van der Waals surface area contributed by atoms with Crippen LogP contribution in [0.3, 0.4) is 0 Å². The van der Waals surface area contributed by atoms with Crippen molar-refractivity contribution in [2.45, 2.75) is 17.9 Å². The second-order valence-corrected chi connectivity index (χ2v) is 4.02. The molecule has 0 aromatic carbocycles. The third-order valence-electron chi connectivity index (χ3n) is 1.61. The van der Waals surface area contributed by atoms with Crippen molar-refractivity contribution in [1.82, 2.24) is 5.32 Å². The van der Waals surface area contributed by atoms with Gasteiger partial charge in [-0.15, -0.1) is 0 Å². The van der Waals surface area contributed by atoms with E-state index in [1.807, 2.05) is 6.08 Å². The largest absolute Gasteiger partial charge is 0.361 e. The van der Waals surface area contributed by atoms with Crippen molar-refractivity contribution in [3.63, 3.8) is 0 Å². The molecule has 0 bridgehead atoms. The summed E-state index contributed by atoms with van der Waals surface area (Å²) in [5, 5.41) is 3.85. The number of rotatable bonds is 0. The van der Waals surface area contributed by atoms with Crippen LogP contribution in [-0.4, -0.2) is 4.05 Å². The van der Waals surface area contributed by atoms with Crippen molar-refractivity contribution in [3.8, 4) is 0 Å².